The van der Waals surface area contributed by atoms with Crippen molar-refractivity contribution in [1.82, 2.24) is 4.98 Å². The van der Waals surface area contributed by atoms with Gasteiger partial charge in [0.25, 0.3) is 0 Å². The van der Waals surface area contributed by atoms with E-state index in [9.17, 15) is 5.26 Å². The summed E-state index contributed by atoms with van der Waals surface area (Å²) in [6.07, 6.45) is 1.53. The van der Waals surface area contributed by atoms with Gasteiger partial charge in [-0.2, -0.15) is 5.26 Å². The number of para-hydroxylation sites is 1. The van der Waals surface area contributed by atoms with Gasteiger partial charge < -0.3 is 14.8 Å². The minimum atomic E-state index is 0.433. The standard InChI is InChI=1S/C18H14ClN3O2/c1-23-15-7-6-12(8-14(15)19)22-17-11(9-20)10-21-18-13(17)4-3-5-16(18)24-2/h3-8,10H,1-2H3,(H,21,22). The molecule has 6 heteroatoms. The molecule has 0 bridgehead atoms. The summed E-state index contributed by atoms with van der Waals surface area (Å²) in [5, 5.41) is 13.9. The van der Waals surface area contributed by atoms with E-state index < -0.39 is 0 Å². The van der Waals surface area contributed by atoms with Gasteiger partial charge in [0.2, 0.25) is 0 Å². The van der Waals surface area contributed by atoms with E-state index >= 15 is 0 Å². The van der Waals surface area contributed by atoms with Crippen LogP contribution in [0, 0.1) is 11.3 Å². The number of halogens is 1. The van der Waals surface area contributed by atoms with Crippen molar-refractivity contribution in [2.75, 3.05) is 19.5 Å². The Hall–Kier alpha value is -2.97. The van der Waals surface area contributed by atoms with E-state index in [1.54, 1.807) is 26.4 Å². The van der Waals surface area contributed by atoms with Crippen LogP contribution in [0.25, 0.3) is 10.9 Å². The van der Waals surface area contributed by atoms with E-state index in [2.05, 4.69) is 16.4 Å². The Bertz CT molecular complexity index is 951. The molecule has 0 saturated heterocycles. The van der Waals surface area contributed by atoms with Gasteiger partial charge in [0.15, 0.2) is 0 Å². The van der Waals surface area contributed by atoms with Gasteiger partial charge in [0, 0.05) is 17.3 Å². The fourth-order valence-corrected chi connectivity index (χ4v) is 2.73. The Labute approximate surface area is 144 Å². The monoisotopic (exact) mass is 339 g/mol. The molecule has 0 radical (unpaired) electrons. The molecule has 5 nitrogen and oxygen atoms in total. The quantitative estimate of drug-likeness (QED) is 0.756. The second kappa shape index (κ2) is 6.65. The predicted octanol–water partition coefficient (Wildman–Crippen LogP) is 4.52. The van der Waals surface area contributed by atoms with Crippen LogP contribution in [0.3, 0.4) is 0 Å². The Kier molecular flexibility index (Phi) is 4.41. The van der Waals surface area contributed by atoms with Crippen molar-refractivity contribution in [3.63, 3.8) is 0 Å². The maximum Gasteiger partial charge on any atom is 0.145 e. The summed E-state index contributed by atoms with van der Waals surface area (Å²) in [5.41, 5.74) is 2.51. The zero-order chi connectivity index (χ0) is 17.1. The van der Waals surface area contributed by atoms with Crippen LogP contribution in [0.15, 0.2) is 42.6 Å². The maximum atomic E-state index is 9.41. The van der Waals surface area contributed by atoms with Crippen molar-refractivity contribution in [3.05, 3.63) is 53.2 Å². The molecule has 3 rings (SSSR count). The van der Waals surface area contributed by atoms with Crippen molar-refractivity contribution in [2.45, 2.75) is 0 Å². The average molecular weight is 340 g/mol. The van der Waals surface area contributed by atoms with E-state index in [1.807, 2.05) is 24.3 Å². The van der Waals surface area contributed by atoms with Gasteiger partial charge in [-0.3, -0.25) is 4.98 Å². The zero-order valence-corrected chi connectivity index (χ0v) is 13.9. The van der Waals surface area contributed by atoms with E-state index in [4.69, 9.17) is 21.1 Å². The molecule has 0 fully saturated rings. The Morgan fingerprint density at radius 3 is 2.58 bits per heavy atom. The molecule has 0 saturated carbocycles. The lowest BCUT2D eigenvalue weighted by molar-refractivity contribution is 0.415. The molecule has 0 amide bonds. The summed E-state index contributed by atoms with van der Waals surface area (Å²) in [4.78, 5) is 4.34. The van der Waals surface area contributed by atoms with Gasteiger partial charge in [-0.1, -0.05) is 23.7 Å². The second-order valence-electron chi connectivity index (χ2n) is 4.99. The number of nitrogens with zero attached hydrogens (tertiary/aromatic N) is 2. The first kappa shape index (κ1) is 15.9. The molecule has 1 heterocycles. The summed E-state index contributed by atoms with van der Waals surface area (Å²) in [6, 6.07) is 13.1. The molecule has 0 aliphatic rings. The fraction of sp³-hybridized carbons (Fsp3) is 0.111. The Balaban J connectivity index is 2.14. The highest BCUT2D eigenvalue weighted by molar-refractivity contribution is 6.32. The molecule has 3 aromatic rings. The van der Waals surface area contributed by atoms with E-state index in [-0.39, 0.29) is 0 Å². The number of nitriles is 1. The highest BCUT2D eigenvalue weighted by Gasteiger charge is 2.13. The largest absolute Gasteiger partial charge is 0.495 e. The van der Waals surface area contributed by atoms with Crippen molar-refractivity contribution in [1.29, 1.82) is 5.26 Å². The third-order valence-corrected chi connectivity index (χ3v) is 3.92. The number of methoxy groups -OCH3 is 2. The lowest BCUT2D eigenvalue weighted by Crippen LogP contribution is -1.98. The van der Waals surface area contributed by atoms with Crippen molar-refractivity contribution < 1.29 is 9.47 Å². The van der Waals surface area contributed by atoms with Crippen LogP contribution in [0.1, 0.15) is 5.56 Å². The fourth-order valence-electron chi connectivity index (χ4n) is 2.47. The predicted molar refractivity (Wildman–Crippen MR) is 94.3 cm³/mol. The molecule has 2 aromatic carbocycles. The molecule has 0 aliphatic carbocycles. The summed E-state index contributed by atoms with van der Waals surface area (Å²) in [5.74, 6) is 1.23. The van der Waals surface area contributed by atoms with Gasteiger partial charge in [-0.15, -0.1) is 0 Å². The molecule has 0 aliphatic heterocycles. The number of anilines is 2. The van der Waals surface area contributed by atoms with E-state index in [0.717, 1.165) is 11.1 Å². The Morgan fingerprint density at radius 2 is 1.92 bits per heavy atom. The van der Waals surface area contributed by atoms with Crippen LogP contribution >= 0.6 is 11.6 Å². The molecule has 24 heavy (non-hydrogen) atoms. The number of fused-ring (bicyclic) bond motifs is 1. The van der Waals surface area contributed by atoms with Crippen LogP contribution in [-0.4, -0.2) is 19.2 Å². The van der Waals surface area contributed by atoms with Gasteiger partial charge in [-0.25, -0.2) is 0 Å². The molecule has 0 atom stereocenters. The lowest BCUT2D eigenvalue weighted by Gasteiger charge is -2.14. The third-order valence-electron chi connectivity index (χ3n) is 3.62. The number of pyridine rings is 1. The van der Waals surface area contributed by atoms with Gasteiger partial charge >= 0.3 is 0 Å². The molecule has 120 valence electrons. The van der Waals surface area contributed by atoms with Crippen molar-refractivity contribution in [2.24, 2.45) is 0 Å². The number of hydrogen-bond acceptors (Lipinski definition) is 5. The highest BCUT2D eigenvalue weighted by Crippen LogP contribution is 2.35. The van der Waals surface area contributed by atoms with Gasteiger partial charge in [0.1, 0.15) is 23.1 Å². The number of benzene rings is 2. The summed E-state index contributed by atoms with van der Waals surface area (Å²) in [6.45, 7) is 0. The number of aromatic nitrogens is 1. The first-order valence-electron chi connectivity index (χ1n) is 7.14. The summed E-state index contributed by atoms with van der Waals surface area (Å²) >= 11 is 6.17. The van der Waals surface area contributed by atoms with Crippen molar-refractivity contribution >= 4 is 33.9 Å². The zero-order valence-electron chi connectivity index (χ0n) is 13.1. The van der Waals surface area contributed by atoms with E-state index in [0.29, 0.717) is 33.3 Å². The average Bonchev–Trinajstić information content (AvgIpc) is 2.61. The number of nitrogens with one attached hydrogen (secondary N) is 1. The van der Waals surface area contributed by atoms with Crippen LogP contribution < -0.4 is 14.8 Å². The minimum absolute atomic E-state index is 0.433. The molecule has 1 N–H and O–H groups in total. The second-order valence-corrected chi connectivity index (χ2v) is 5.40. The Morgan fingerprint density at radius 1 is 1.12 bits per heavy atom. The lowest BCUT2D eigenvalue weighted by atomic mass is 10.1. The maximum absolute atomic E-state index is 9.41. The first-order valence-corrected chi connectivity index (χ1v) is 7.52. The molecule has 0 spiro atoms. The number of ether oxygens (including phenoxy) is 2. The minimum Gasteiger partial charge on any atom is -0.495 e. The third kappa shape index (κ3) is 2.80. The van der Waals surface area contributed by atoms with Gasteiger partial charge in [0.05, 0.1) is 30.5 Å². The van der Waals surface area contributed by atoms with Crippen LogP contribution in [0.4, 0.5) is 11.4 Å². The topological polar surface area (TPSA) is 67.2 Å². The van der Waals surface area contributed by atoms with Crippen LogP contribution in [-0.2, 0) is 0 Å². The number of rotatable bonds is 4. The van der Waals surface area contributed by atoms with Crippen LogP contribution in [0.5, 0.6) is 11.5 Å². The molecule has 0 unspecified atom stereocenters. The molecule has 1 aromatic heterocycles. The smallest absolute Gasteiger partial charge is 0.145 e. The van der Waals surface area contributed by atoms with Crippen LogP contribution in [0.2, 0.25) is 5.02 Å². The summed E-state index contributed by atoms with van der Waals surface area (Å²) in [7, 11) is 3.15. The summed E-state index contributed by atoms with van der Waals surface area (Å²) < 4.78 is 10.5. The normalized spacial score (nSPS) is 10.2. The molecular formula is C18H14ClN3O2. The van der Waals surface area contributed by atoms with Crippen molar-refractivity contribution in [3.8, 4) is 17.6 Å². The van der Waals surface area contributed by atoms with Gasteiger partial charge in [-0.05, 0) is 24.3 Å². The molecular weight excluding hydrogens is 326 g/mol. The first-order chi connectivity index (χ1) is 11.7. The van der Waals surface area contributed by atoms with E-state index in [1.165, 1.54) is 6.20 Å². The highest BCUT2D eigenvalue weighted by atomic mass is 35.5. The SMILES string of the molecule is COc1ccc(Nc2c(C#N)cnc3c(OC)cccc23)cc1Cl. The number of hydrogen-bond donors (Lipinski definition) is 1.